The van der Waals surface area contributed by atoms with Crippen LogP contribution >= 0.6 is 0 Å². The van der Waals surface area contributed by atoms with Crippen LogP contribution in [0.15, 0.2) is 4.79 Å². The molecule has 22 heavy (non-hydrogen) atoms. The Bertz CT molecular complexity index is 554. The molecule has 0 aliphatic heterocycles. The van der Waals surface area contributed by atoms with Crippen LogP contribution in [0.2, 0.25) is 0 Å². The van der Waals surface area contributed by atoms with E-state index in [4.69, 9.17) is 5.11 Å². The highest BCUT2D eigenvalue weighted by atomic mass is 16.2. The fraction of sp³-hybridized carbons (Fsp3) is 0.882. The molecule has 4 aliphatic rings. The maximum absolute atomic E-state index is 12.2. The number of aliphatic hydroxyl groups excluding tert-OH is 1. The standard InChI is InChI=1S/C17H27N3O2/c21-5-3-1-2-4-20-15(18-19-16(20)22)17-9-12-6-13(10-17)8-14(7-12)11-17/h12-14,21H,1-11H2,(H,19,22). The molecule has 4 saturated carbocycles. The fourth-order valence-corrected chi connectivity index (χ4v) is 5.87. The van der Waals surface area contributed by atoms with Gasteiger partial charge in [-0.25, -0.2) is 9.89 Å². The quantitative estimate of drug-likeness (QED) is 0.792. The maximum Gasteiger partial charge on any atom is 0.343 e. The summed E-state index contributed by atoms with van der Waals surface area (Å²) in [5.74, 6) is 3.63. The van der Waals surface area contributed by atoms with Crippen LogP contribution in [-0.4, -0.2) is 26.5 Å². The largest absolute Gasteiger partial charge is 0.396 e. The molecule has 5 nitrogen and oxygen atoms in total. The number of aromatic nitrogens is 3. The first-order chi connectivity index (χ1) is 10.7. The van der Waals surface area contributed by atoms with Crippen molar-refractivity contribution in [3.05, 3.63) is 16.3 Å². The zero-order chi connectivity index (χ0) is 15.2. The van der Waals surface area contributed by atoms with E-state index in [1.54, 1.807) is 0 Å². The van der Waals surface area contributed by atoms with Gasteiger partial charge in [0.15, 0.2) is 0 Å². The van der Waals surface area contributed by atoms with Gasteiger partial charge in [-0.15, -0.1) is 0 Å². The van der Waals surface area contributed by atoms with E-state index >= 15 is 0 Å². The Morgan fingerprint density at radius 1 is 1.09 bits per heavy atom. The SMILES string of the molecule is O=c1[nH]nc(C23CC4CC(CC(C4)C2)C3)n1CCCCCO. The lowest BCUT2D eigenvalue weighted by molar-refractivity contribution is -0.0113. The average molecular weight is 305 g/mol. The molecule has 2 N–H and O–H groups in total. The third-order valence-corrected chi connectivity index (χ3v) is 6.31. The lowest BCUT2D eigenvalue weighted by Gasteiger charge is -2.56. The second-order valence-corrected chi connectivity index (χ2v) is 7.99. The molecule has 5 rings (SSSR count). The van der Waals surface area contributed by atoms with E-state index in [0.29, 0.717) is 0 Å². The summed E-state index contributed by atoms with van der Waals surface area (Å²) in [6, 6.07) is 0. The Morgan fingerprint density at radius 2 is 1.73 bits per heavy atom. The zero-order valence-electron chi connectivity index (χ0n) is 13.3. The predicted molar refractivity (Wildman–Crippen MR) is 83.6 cm³/mol. The lowest BCUT2D eigenvalue weighted by atomic mass is 9.49. The van der Waals surface area contributed by atoms with E-state index in [9.17, 15) is 4.79 Å². The van der Waals surface area contributed by atoms with Gasteiger partial charge in [0.1, 0.15) is 5.82 Å². The van der Waals surface area contributed by atoms with Crippen molar-refractivity contribution in [2.75, 3.05) is 6.61 Å². The maximum atomic E-state index is 12.2. The highest BCUT2D eigenvalue weighted by molar-refractivity contribution is 5.17. The Balaban J connectivity index is 1.59. The first-order valence-electron chi connectivity index (χ1n) is 8.97. The molecule has 0 aromatic carbocycles. The molecule has 0 amide bonds. The molecule has 4 fully saturated rings. The van der Waals surface area contributed by atoms with Crippen LogP contribution in [0.4, 0.5) is 0 Å². The second kappa shape index (κ2) is 5.52. The fourth-order valence-electron chi connectivity index (χ4n) is 5.87. The number of nitrogens with one attached hydrogen (secondary N) is 1. The molecule has 122 valence electrons. The number of rotatable bonds is 6. The van der Waals surface area contributed by atoms with Crippen molar-refractivity contribution >= 4 is 0 Å². The van der Waals surface area contributed by atoms with Crippen LogP contribution in [0.1, 0.15) is 63.6 Å². The first kappa shape index (κ1) is 14.5. The van der Waals surface area contributed by atoms with Crippen molar-refractivity contribution in [2.45, 2.75) is 69.7 Å². The molecule has 4 aliphatic carbocycles. The number of H-pyrrole nitrogens is 1. The molecular formula is C17H27N3O2. The molecule has 1 aromatic heterocycles. The van der Waals surface area contributed by atoms with Gasteiger partial charge in [-0.2, -0.15) is 5.10 Å². The molecule has 0 saturated heterocycles. The van der Waals surface area contributed by atoms with Gasteiger partial charge < -0.3 is 5.11 Å². The van der Waals surface area contributed by atoms with Gasteiger partial charge >= 0.3 is 5.69 Å². The number of aromatic amines is 1. The lowest BCUT2D eigenvalue weighted by Crippen LogP contribution is -2.50. The first-order valence-corrected chi connectivity index (χ1v) is 8.97. The van der Waals surface area contributed by atoms with Crippen molar-refractivity contribution in [3.8, 4) is 0 Å². The van der Waals surface area contributed by atoms with E-state index in [-0.39, 0.29) is 17.7 Å². The molecular weight excluding hydrogens is 278 g/mol. The van der Waals surface area contributed by atoms with Crippen LogP contribution in [0, 0.1) is 17.8 Å². The Hall–Kier alpha value is -1.10. The third kappa shape index (κ3) is 2.34. The van der Waals surface area contributed by atoms with Crippen LogP contribution in [0.25, 0.3) is 0 Å². The molecule has 0 spiro atoms. The smallest absolute Gasteiger partial charge is 0.343 e. The molecule has 0 radical (unpaired) electrons. The summed E-state index contributed by atoms with van der Waals surface area (Å²) in [7, 11) is 0. The minimum atomic E-state index is -0.0465. The topological polar surface area (TPSA) is 70.9 Å². The van der Waals surface area contributed by atoms with Gasteiger partial charge in [0.2, 0.25) is 0 Å². The number of aliphatic hydroxyl groups is 1. The van der Waals surface area contributed by atoms with Crippen LogP contribution in [0.3, 0.4) is 0 Å². The van der Waals surface area contributed by atoms with Crippen LogP contribution in [-0.2, 0) is 12.0 Å². The molecule has 4 bridgehead atoms. The highest BCUT2D eigenvalue weighted by Gasteiger charge is 2.53. The van der Waals surface area contributed by atoms with Gasteiger partial charge in [-0.1, -0.05) is 0 Å². The van der Waals surface area contributed by atoms with Crippen LogP contribution < -0.4 is 5.69 Å². The van der Waals surface area contributed by atoms with Gasteiger partial charge in [-0.3, -0.25) is 4.57 Å². The van der Waals surface area contributed by atoms with E-state index < -0.39 is 0 Å². The van der Waals surface area contributed by atoms with Crippen molar-refractivity contribution in [1.29, 1.82) is 0 Å². The molecule has 1 aromatic rings. The molecule has 1 heterocycles. The number of hydrogen-bond donors (Lipinski definition) is 2. The summed E-state index contributed by atoms with van der Waals surface area (Å²) in [6.45, 7) is 0.981. The molecule has 0 unspecified atom stereocenters. The second-order valence-electron chi connectivity index (χ2n) is 7.99. The normalized spacial score (nSPS) is 36.1. The van der Waals surface area contributed by atoms with Crippen molar-refractivity contribution < 1.29 is 5.11 Å². The van der Waals surface area contributed by atoms with E-state index in [1.165, 1.54) is 38.5 Å². The van der Waals surface area contributed by atoms with E-state index in [1.807, 2.05) is 4.57 Å². The zero-order valence-corrected chi connectivity index (χ0v) is 13.3. The van der Waals surface area contributed by atoms with Gasteiger partial charge in [0.05, 0.1) is 0 Å². The third-order valence-electron chi connectivity index (χ3n) is 6.31. The summed E-state index contributed by atoms with van der Waals surface area (Å²) in [5.41, 5.74) is 0.125. The molecule has 5 heteroatoms. The Morgan fingerprint density at radius 3 is 2.32 bits per heavy atom. The van der Waals surface area contributed by atoms with Gasteiger partial charge in [0.25, 0.3) is 0 Å². The van der Waals surface area contributed by atoms with Crippen molar-refractivity contribution in [2.24, 2.45) is 17.8 Å². The van der Waals surface area contributed by atoms with Crippen molar-refractivity contribution in [1.82, 2.24) is 14.8 Å². The average Bonchev–Trinajstić information content (AvgIpc) is 2.84. The minimum Gasteiger partial charge on any atom is -0.396 e. The summed E-state index contributed by atoms with van der Waals surface area (Å²) in [4.78, 5) is 12.2. The monoisotopic (exact) mass is 305 g/mol. The van der Waals surface area contributed by atoms with Gasteiger partial charge in [0, 0.05) is 18.6 Å². The van der Waals surface area contributed by atoms with E-state index in [2.05, 4.69) is 10.2 Å². The van der Waals surface area contributed by atoms with Crippen molar-refractivity contribution in [3.63, 3.8) is 0 Å². The summed E-state index contributed by atoms with van der Waals surface area (Å²) in [5, 5.41) is 16.1. The highest BCUT2D eigenvalue weighted by Crippen LogP contribution is 2.60. The van der Waals surface area contributed by atoms with Crippen LogP contribution in [0.5, 0.6) is 0 Å². The Labute approximate surface area is 131 Å². The number of hydrogen-bond acceptors (Lipinski definition) is 3. The number of unbranched alkanes of at least 4 members (excludes halogenated alkanes) is 2. The molecule has 0 atom stereocenters. The van der Waals surface area contributed by atoms with Gasteiger partial charge in [-0.05, 0) is 75.5 Å². The summed E-state index contributed by atoms with van der Waals surface area (Å²) >= 11 is 0. The van der Waals surface area contributed by atoms with E-state index in [0.717, 1.165) is 49.4 Å². The minimum absolute atomic E-state index is 0.0465. The Kier molecular flexibility index (Phi) is 3.63. The predicted octanol–water partition coefficient (Wildman–Crippen LogP) is 2.20. The number of nitrogens with zero attached hydrogens (tertiary/aromatic N) is 2. The summed E-state index contributed by atoms with van der Waals surface area (Å²) < 4.78 is 1.91. The summed E-state index contributed by atoms with van der Waals surface area (Å²) in [6.07, 6.45) is 10.7.